The molecule has 0 radical (unpaired) electrons. The minimum absolute atomic E-state index is 0.0734. The normalized spacial score (nSPS) is 13.1. The van der Waals surface area contributed by atoms with Gasteiger partial charge in [0.15, 0.2) is 17.3 Å². The quantitative estimate of drug-likeness (QED) is 0.805. The lowest BCUT2D eigenvalue weighted by Gasteiger charge is -2.18. The van der Waals surface area contributed by atoms with Gasteiger partial charge >= 0.3 is 0 Å². The molecule has 2 aromatic rings. The van der Waals surface area contributed by atoms with E-state index in [9.17, 15) is 4.79 Å². The number of halogens is 1. The molecule has 102 valence electrons. The average Bonchev–Trinajstić information content (AvgIpc) is 2.49. The third kappa shape index (κ3) is 2.85. The largest absolute Gasteiger partial charge is 0.486 e. The highest BCUT2D eigenvalue weighted by atomic mass is 79.9. The molecule has 20 heavy (non-hydrogen) atoms. The van der Waals surface area contributed by atoms with E-state index in [0.717, 1.165) is 10.0 Å². The highest BCUT2D eigenvalue weighted by Gasteiger charge is 2.15. The lowest BCUT2D eigenvalue weighted by atomic mass is 10.0. The number of ether oxygens (including phenoxy) is 2. The van der Waals surface area contributed by atoms with Crippen LogP contribution < -0.4 is 9.47 Å². The second-order valence-corrected chi connectivity index (χ2v) is 5.50. The van der Waals surface area contributed by atoms with Gasteiger partial charge in [0, 0.05) is 16.5 Å². The molecule has 0 fully saturated rings. The molecule has 4 heteroatoms. The van der Waals surface area contributed by atoms with Crippen molar-refractivity contribution in [1.29, 1.82) is 0 Å². The number of hydrogen-bond acceptors (Lipinski definition) is 3. The van der Waals surface area contributed by atoms with Crippen molar-refractivity contribution in [1.82, 2.24) is 0 Å². The van der Waals surface area contributed by atoms with Crippen LogP contribution in [0.25, 0.3) is 0 Å². The predicted molar refractivity (Wildman–Crippen MR) is 79.6 cm³/mol. The number of rotatable bonds is 3. The van der Waals surface area contributed by atoms with Gasteiger partial charge in [0.2, 0.25) is 0 Å². The highest BCUT2D eigenvalue weighted by Crippen LogP contribution is 2.31. The lowest BCUT2D eigenvalue weighted by Crippen LogP contribution is -2.16. The first kappa shape index (κ1) is 13.2. The van der Waals surface area contributed by atoms with Crippen LogP contribution in [0.5, 0.6) is 11.5 Å². The number of Topliss-reactive ketones (excluding diaryl/α,β-unsaturated/α-hetero) is 1. The van der Waals surface area contributed by atoms with E-state index in [2.05, 4.69) is 15.9 Å². The number of hydrogen-bond donors (Lipinski definition) is 0. The van der Waals surface area contributed by atoms with Gasteiger partial charge in [-0.2, -0.15) is 0 Å². The van der Waals surface area contributed by atoms with Crippen molar-refractivity contribution in [2.75, 3.05) is 13.2 Å². The summed E-state index contributed by atoms with van der Waals surface area (Å²) in [5, 5.41) is 0. The Balaban J connectivity index is 1.78. The molecule has 0 saturated heterocycles. The second kappa shape index (κ2) is 5.67. The third-order valence-electron chi connectivity index (χ3n) is 3.14. The Labute approximate surface area is 125 Å². The van der Waals surface area contributed by atoms with Crippen LogP contribution in [0.3, 0.4) is 0 Å². The smallest absolute Gasteiger partial charge is 0.167 e. The van der Waals surface area contributed by atoms with E-state index in [4.69, 9.17) is 9.47 Å². The number of ketones is 1. The van der Waals surface area contributed by atoms with Gasteiger partial charge in [-0.25, -0.2) is 0 Å². The van der Waals surface area contributed by atoms with E-state index < -0.39 is 0 Å². The minimum atomic E-state index is 0.0734. The van der Waals surface area contributed by atoms with Gasteiger partial charge < -0.3 is 9.47 Å². The maximum atomic E-state index is 12.3. The van der Waals surface area contributed by atoms with Crippen LogP contribution in [0.4, 0.5) is 0 Å². The number of carbonyl (C=O) groups excluding carboxylic acids is 1. The fraction of sp³-hybridized carbons (Fsp3) is 0.188. The van der Waals surface area contributed by atoms with Gasteiger partial charge in [0.1, 0.15) is 13.2 Å². The van der Waals surface area contributed by atoms with Gasteiger partial charge in [0.25, 0.3) is 0 Å². The molecule has 1 aliphatic rings. The van der Waals surface area contributed by atoms with Gasteiger partial charge in [-0.1, -0.05) is 28.1 Å². The summed E-state index contributed by atoms with van der Waals surface area (Å²) in [5.74, 6) is 1.43. The van der Waals surface area contributed by atoms with E-state index in [0.29, 0.717) is 36.7 Å². The van der Waals surface area contributed by atoms with Crippen molar-refractivity contribution in [3.63, 3.8) is 0 Å². The maximum absolute atomic E-state index is 12.3. The Hall–Kier alpha value is -1.81. The van der Waals surface area contributed by atoms with Crippen LogP contribution in [0.2, 0.25) is 0 Å². The van der Waals surface area contributed by atoms with Crippen molar-refractivity contribution in [2.24, 2.45) is 0 Å². The predicted octanol–water partition coefficient (Wildman–Crippen LogP) is 3.65. The molecule has 3 rings (SSSR count). The zero-order chi connectivity index (χ0) is 13.9. The molecular weight excluding hydrogens is 320 g/mol. The summed E-state index contributed by atoms with van der Waals surface area (Å²) in [7, 11) is 0. The monoisotopic (exact) mass is 332 g/mol. The summed E-state index contributed by atoms with van der Waals surface area (Å²) < 4.78 is 12.0. The number of benzene rings is 2. The van der Waals surface area contributed by atoms with Crippen molar-refractivity contribution in [2.45, 2.75) is 6.42 Å². The Bertz CT molecular complexity index is 635. The summed E-state index contributed by atoms with van der Waals surface area (Å²) in [6, 6.07) is 13.1. The molecule has 0 atom stereocenters. The first-order valence-electron chi connectivity index (χ1n) is 6.40. The molecule has 0 saturated carbocycles. The number of fused-ring (bicyclic) bond motifs is 1. The SMILES string of the molecule is O=C(Cc1ccc(Br)cc1)c1ccc2c(c1)OCCO2. The minimum Gasteiger partial charge on any atom is -0.486 e. The van der Waals surface area contributed by atoms with Gasteiger partial charge in [0.05, 0.1) is 0 Å². The zero-order valence-electron chi connectivity index (χ0n) is 10.8. The van der Waals surface area contributed by atoms with Crippen molar-refractivity contribution < 1.29 is 14.3 Å². The summed E-state index contributed by atoms with van der Waals surface area (Å²) in [4.78, 5) is 12.3. The van der Waals surface area contributed by atoms with Gasteiger partial charge in [-0.3, -0.25) is 4.79 Å². The van der Waals surface area contributed by atoms with E-state index in [1.165, 1.54) is 0 Å². The Kier molecular flexibility index (Phi) is 3.74. The molecule has 0 bridgehead atoms. The van der Waals surface area contributed by atoms with Crippen LogP contribution in [-0.4, -0.2) is 19.0 Å². The molecule has 1 aliphatic heterocycles. The van der Waals surface area contributed by atoms with Crippen molar-refractivity contribution in [3.8, 4) is 11.5 Å². The summed E-state index contributed by atoms with van der Waals surface area (Å²) in [6.45, 7) is 1.08. The molecular formula is C16H13BrO3. The zero-order valence-corrected chi connectivity index (χ0v) is 12.4. The Morgan fingerprint density at radius 3 is 2.45 bits per heavy atom. The van der Waals surface area contributed by atoms with Gasteiger partial charge in [-0.05, 0) is 35.9 Å². The highest BCUT2D eigenvalue weighted by molar-refractivity contribution is 9.10. The summed E-state index contributed by atoms with van der Waals surface area (Å²) in [5.41, 5.74) is 1.64. The fourth-order valence-corrected chi connectivity index (χ4v) is 2.37. The van der Waals surface area contributed by atoms with Crippen LogP contribution in [-0.2, 0) is 6.42 Å². The number of carbonyl (C=O) groups is 1. The Morgan fingerprint density at radius 2 is 1.70 bits per heavy atom. The lowest BCUT2D eigenvalue weighted by molar-refractivity contribution is 0.0991. The molecule has 0 amide bonds. The first-order valence-corrected chi connectivity index (χ1v) is 7.19. The molecule has 0 spiro atoms. The van der Waals surface area contributed by atoms with E-state index >= 15 is 0 Å². The molecule has 1 heterocycles. The van der Waals surface area contributed by atoms with E-state index in [1.54, 1.807) is 18.2 Å². The molecule has 3 nitrogen and oxygen atoms in total. The van der Waals surface area contributed by atoms with Crippen LogP contribution in [0.15, 0.2) is 46.9 Å². The summed E-state index contributed by atoms with van der Waals surface area (Å²) in [6.07, 6.45) is 0.382. The van der Waals surface area contributed by atoms with E-state index in [-0.39, 0.29) is 5.78 Å². The van der Waals surface area contributed by atoms with Crippen LogP contribution in [0.1, 0.15) is 15.9 Å². The fourth-order valence-electron chi connectivity index (χ4n) is 2.11. The topological polar surface area (TPSA) is 35.5 Å². The van der Waals surface area contributed by atoms with E-state index in [1.807, 2.05) is 24.3 Å². The Morgan fingerprint density at radius 1 is 1.00 bits per heavy atom. The van der Waals surface area contributed by atoms with Gasteiger partial charge in [-0.15, -0.1) is 0 Å². The molecule has 0 aromatic heterocycles. The maximum Gasteiger partial charge on any atom is 0.167 e. The second-order valence-electron chi connectivity index (χ2n) is 4.58. The van der Waals surface area contributed by atoms with Crippen LogP contribution >= 0.6 is 15.9 Å². The van der Waals surface area contributed by atoms with Crippen molar-refractivity contribution >= 4 is 21.7 Å². The molecule has 0 aliphatic carbocycles. The molecule has 0 N–H and O–H groups in total. The van der Waals surface area contributed by atoms with Crippen molar-refractivity contribution in [3.05, 3.63) is 58.1 Å². The first-order chi connectivity index (χ1) is 9.72. The van der Waals surface area contributed by atoms with Crippen LogP contribution in [0, 0.1) is 0 Å². The third-order valence-corrected chi connectivity index (χ3v) is 3.67. The molecule has 2 aromatic carbocycles. The molecule has 0 unspecified atom stereocenters. The average molecular weight is 333 g/mol. The standard InChI is InChI=1S/C16H13BrO3/c17-13-4-1-11(2-5-13)9-14(18)12-3-6-15-16(10-12)20-8-7-19-15/h1-6,10H,7-9H2. The summed E-state index contributed by atoms with van der Waals surface area (Å²) >= 11 is 3.38.